The maximum atomic E-state index is 13.0. The number of nitrogens with zero attached hydrogens (tertiary/aromatic N) is 1. The zero-order chi connectivity index (χ0) is 19.5. The summed E-state index contributed by atoms with van der Waals surface area (Å²) >= 11 is 0. The van der Waals surface area contributed by atoms with Crippen molar-refractivity contribution in [1.29, 1.82) is 0 Å². The van der Waals surface area contributed by atoms with Crippen LogP contribution < -0.4 is 10.1 Å². The SMILES string of the molecule is C=C(C)COc1cccc(NC(=O)N2C[C@@H](C(F)(F)F)[C@H](C(=O)O)C2)c1. The molecule has 0 aliphatic carbocycles. The van der Waals surface area contributed by atoms with Crippen molar-refractivity contribution in [3.05, 3.63) is 36.4 Å². The summed E-state index contributed by atoms with van der Waals surface area (Å²) in [5, 5.41) is 11.5. The number of carbonyl (C=O) groups excluding carboxylic acids is 1. The first-order valence-electron chi connectivity index (χ1n) is 7.80. The number of halogens is 3. The third-order valence-corrected chi connectivity index (χ3v) is 3.92. The fraction of sp³-hybridized carbons (Fsp3) is 0.412. The van der Waals surface area contributed by atoms with E-state index in [-0.39, 0.29) is 6.61 Å². The van der Waals surface area contributed by atoms with Crippen LogP contribution >= 0.6 is 0 Å². The number of anilines is 1. The van der Waals surface area contributed by atoms with Crippen LogP contribution in [0, 0.1) is 11.8 Å². The number of carbonyl (C=O) groups is 2. The van der Waals surface area contributed by atoms with E-state index in [2.05, 4.69) is 11.9 Å². The van der Waals surface area contributed by atoms with Crippen LogP contribution in [0.3, 0.4) is 0 Å². The van der Waals surface area contributed by atoms with Crippen LogP contribution in [0.2, 0.25) is 0 Å². The number of hydrogen-bond donors (Lipinski definition) is 2. The highest BCUT2D eigenvalue weighted by molar-refractivity contribution is 5.90. The number of nitrogens with one attached hydrogen (secondary N) is 1. The number of urea groups is 1. The summed E-state index contributed by atoms with van der Waals surface area (Å²) in [5.74, 6) is -4.87. The molecular formula is C17H19F3N2O4. The molecule has 1 fully saturated rings. The maximum Gasteiger partial charge on any atom is 0.394 e. The van der Waals surface area contributed by atoms with Gasteiger partial charge in [0.1, 0.15) is 12.4 Å². The van der Waals surface area contributed by atoms with Crippen molar-refractivity contribution in [1.82, 2.24) is 4.90 Å². The van der Waals surface area contributed by atoms with Crippen LogP contribution in [0.4, 0.5) is 23.7 Å². The van der Waals surface area contributed by atoms with Gasteiger partial charge in [0.2, 0.25) is 0 Å². The topological polar surface area (TPSA) is 78.9 Å². The highest BCUT2D eigenvalue weighted by atomic mass is 19.4. The molecule has 2 atom stereocenters. The molecule has 6 nitrogen and oxygen atoms in total. The molecule has 2 N–H and O–H groups in total. The number of aliphatic carboxylic acids is 1. The number of ether oxygens (including phenoxy) is 1. The second-order valence-electron chi connectivity index (χ2n) is 6.20. The molecule has 1 saturated heterocycles. The first-order chi connectivity index (χ1) is 12.1. The van der Waals surface area contributed by atoms with Gasteiger partial charge in [-0.15, -0.1) is 0 Å². The van der Waals surface area contributed by atoms with E-state index in [1.807, 2.05) is 0 Å². The van der Waals surface area contributed by atoms with Gasteiger partial charge < -0.3 is 20.1 Å². The van der Waals surface area contributed by atoms with Crippen LogP contribution in [-0.2, 0) is 4.79 Å². The standard InChI is InChI=1S/C17H19F3N2O4/c1-10(2)9-26-12-5-3-4-11(6-12)21-16(25)22-7-13(15(23)24)14(8-22)17(18,19)20/h3-6,13-14H,1,7-9H2,2H3,(H,21,25)(H,23,24)/t13-,14-/m1/s1. The Kier molecular flexibility index (Phi) is 5.79. The fourth-order valence-corrected chi connectivity index (χ4v) is 2.62. The quantitative estimate of drug-likeness (QED) is 0.777. The number of alkyl halides is 3. The molecular weight excluding hydrogens is 353 g/mol. The molecule has 1 aromatic rings. The van der Waals surface area contributed by atoms with E-state index in [1.165, 1.54) is 6.07 Å². The van der Waals surface area contributed by atoms with Gasteiger partial charge in [-0.1, -0.05) is 12.6 Å². The molecule has 0 aromatic heterocycles. The Morgan fingerprint density at radius 1 is 1.38 bits per heavy atom. The van der Waals surface area contributed by atoms with Crippen LogP contribution in [-0.4, -0.2) is 47.9 Å². The Morgan fingerprint density at radius 3 is 2.62 bits per heavy atom. The average Bonchev–Trinajstić information content (AvgIpc) is 2.99. The predicted octanol–water partition coefficient (Wildman–Crippen LogP) is 3.37. The minimum absolute atomic E-state index is 0.289. The minimum atomic E-state index is -4.69. The molecule has 0 saturated carbocycles. The average molecular weight is 372 g/mol. The van der Waals surface area contributed by atoms with Gasteiger partial charge in [0.05, 0.1) is 11.8 Å². The van der Waals surface area contributed by atoms with Gasteiger partial charge in [-0.2, -0.15) is 13.2 Å². The second-order valence-corrected chi connectivity index (χ2v) is 6.20. The Hall–Kier alpha value is -2.71. The smallest absolute Gasteiger partial charge is 0.394 e. The number of carboxylic acid groups (broad SMARTS) is 1. The van der Waals surface area contributed by atoms with E-state index in [0.29, 0.717) is 11.4 Å². The number of rotatable bonds is 5. The lowest BCUT2D eigenvalue weighted by molar-refractivity contribution is -0.187. The molecule has 26 heavy (non-hydrogen) atoms. The predicted molar refractivity (Wildman–Crippen MR) is 88.0 cm³/mol. The Bertz CT molecular complexity index is 705. The van der Waals surface area contributed by atoms with Gasteiger partial charge in [-0.25, -0.2) is 4.79 Å². The van der Waals surface area contributed by atoms with Crippen molar-refractivity contribution in [2.45, 2.75) is 13.1 Å². The summed E-state index contributed by atoms with van der Waals surface area (Å²) in [7, 11) is 0. The zero-order valence-electron chi connectivity index (χ0n) is 14.0. The molecule has 0 radical (unpaired) electrons. The number of amides is 2. The van der Waals surface area contributed by atoms with E-state index >= 15 is 0 Å². The summed E-state index contributed by atoms with van der Waals surface area (Å²) in [6.45, 7) is 4.58. The second kappa shape index (κ2) is 7.67. The van der Waals surface area contributed by atoms with E-state index < -0.39 is 43.1 Å². The van der Waals surface area contributed by atoms with Crippen molar-refractivity contribution in [3.8, 4) is 5.75 Å². The Balaban J connectivity index is 2.05. The highest BCUT2D eigenvalue weighted by Crippen LogP contribution is 2.37. The van der Waals surface area contributed by atoms with Gasteiger partial charge in [0.25, 0.3) is 0 Å². The molecule has 0 spiro atoms. The summed E-state index contributed by atoms with van der Waals surface area (Å²) in [4.78, 5) is 24.2. The molecule has 9 heteroatoms. The number of carboxylic acids is 1. The van der Waals surface area contributed by atoms with E-state index in [0.717, 1.165) is 10.5 Å². The normalized spacial score (nSPS) is 19.9. The van der Waals surface area contributed by atoms with Gasteiger partial charge in [-0.05, 0) is 24.6 Å². The minimum Gasteiger partial charge on any atom is -0.489 e. The van der Waals surface area contributed by atoms with Crippen LogP contribution in [0.5, 0.6) is 5.75 Å². The lowest BCUT2D eigenvalue weighted by atomic mass is 9.96. The van der Waals surface area contributed by atoms with Crippen LogP contribution in [0.1, 0.15) is 6.92 Å². The van der Waals surface area contributed by atoms with Gasteiger partial charge in [0.15, 0.2) is 0 Å². The van der Waals surface area contributed by atoms with E-state index in [9.17, 15) is 22.8 Å². The molecule has 1 heterocycles. The fourth-order valence-electron chi connectivity index (χ4n) is 2.62. The number of hydrogen-bond acceptors (Lipinski definition) is 3. The summed E-state index contributed by atoms with van der Waals surface area (Å²) in [6, 6.07) is 5.56. The molecule has 2 amide bonds. The van der Waals surface area contributed by atoms with Crippen molar-refractivity contribution < 1.29 is 32.6 Å². The van der Waals surface area contributed by atoms with Gasteiger partial charge in [0, 0.05) is 24.8 Å². The van der Waals surface area contributed by atoms with Gasteiger partial charge in [-0.3, -0.25) is 4.79 Å². The lowest BCUT2D eigenvalue weighted by Crippen LogP contribution is -2.35. The van der Waals surface area contributed by atoms with E-state index in [4.69, 9.17) is 9.84 Å². The van der Waals surface area contributed by atoms with Crippen LogP contribution in [0.15, 0.2) is 36.4 Å². The Labute approximate surface area is 148 Å². The Morgan fingerprint density at radius 2 is 2.08 bits per heavy atom. The molecule has 142 valence electrons. The highest BCUT2D eigenvalue weighted by Gasteiger charge is 2.53. The first kappa shape index (κ1) is 19.6. The molecule has 1 aliphatic rings. The third kappa shape index (κ3) is 4.90. The molecule has 1 aromatic carbocycles. The summed E-state index contributed by atoms with van der Waals surface area (Å²) in [6.07, 6.45) is -4.69. The lowest BCUT2D eigenvalue weighted by Gasteiger charge is -2.19. The van der Waals surface area contributed by atoms with E-state index in [1.54, 1.807) is 25.1 Å². The summed E-state index contributed by atoms with van der Waals surface area (Å²) < 4.78 is 44.4. The van der Waals surface area contributed by atoms with Crippen molar-refractivity contribution in [2.75, 3.05) is 25.0 Å². The van der Waals surface area contributed by atoms with Crippen molar-refractivity contribution in [2.24, 2.45) is 11.8 Å². The van der Waals surface area contributed by atoms with Crippen molar-refractivity contribution in [3.63, 3.8) is 0 Å². The van der Waals surface area contributed by atoms with Gasteiger partial charge >= 0.3 is 18.2 Å². The maximum absolute atomic E-state index is 13.0. The molecule has 0 bridgehead atoms. The molecule has 0 unspecified atom stereocenters. The number of likely N-dealkylation sites (tertiary alicyclic amines) is 1. The third-order valence-electron chi connectivity index (χ3n) is 3.92. The zero-order valence-corrected chi connectivity index (χ0v) is 14.0. The molecule has 2 rings (SSSR count). The monoisotopic (exact) mass is 372 g/mol. The summed E-state index contributed by atoms with van der Waals surface area (Å²) in [5.41, 5.74) is 1.13. The molecule has 1 aliphatic heterocycles. The van der Waals surface area contributed by atoms with Crippen molar-refractivity contribution >= 4 is 17.7 Å². The first-order valence-corrected chi connectivity index (χ1v) is 7.80. The number of benzene rings is 1. The van der Waals surface area contributed by atoms with Crippen LogP contribution in [0.25, 0.3) is 0 Å². The largest absolute Gasteiger partial charge is 0.489 e.